The summed E-state index contributed by atoms with van der Waals surface area (Å²) in [6.45, 7) is 4.08. The van der Waals surface area contributed by atoms with Gasteiger partial charge in [-0.05, 0) is 0 Å². The van der Waals surface area contributed by atoms with Crippen molar-refractivity contribution < 1.29 is 4.79 Å². The van der Waals surface area contributed by atoms with Crippen molar-refractivity contribution in [3.63, 3.8) is 0 Å². The van der Waals surface area contributed by atoms with E-state index in [0.717, 1.165) is 5.01 Å². The summed E-state index contributed by atoms with van der Waals surface area (Å²) in [5.74, 6) is 0.333. The Balaban J connectivity index is 2.68. The van der Waals surface area contributed by atoms with E-state index in [1.807, 2.05) is 13.8 Å². The average Bonchev–Trinajstić information content (AvgIpc) is 2.60. The molecule has 0 saturated heterocycles. The molecule has 2 heterocycles. The predicted molar refractivity (Wildman–Crippen MR) is 55.4 cm³/mol. The van der Waals surface area contributed by atoms with Crippen LogP contribution in [0.4, 0.5) is 0 Å². The van der Waals surface area contributed by atoms with Gasteiger partial charge < -0.3 is 0 Å². The highest BCUT2D eigenvalue weighted by atomic mass is 35.5. The van der Waals surface area contributed by atoms with Crippen LogP contribution in [-0.4, -0.2) is 20.9 Å². The summed E-state index contributed by atoms with van der Waals surface area (Å²) in [7, 11) is 0. The fraction of sp³-hybridized carbons (Fsp3) is 0.375. The normalized spacial score (nSPS) is 11.4. The topological polar surface area (TPSA) is 47.3 Å². The lowest BCUT2D eigenvalue weighted by Gasteiger charge is -1.94. The number of carbonyl (C=O) groups excluding carboxylic acids is 1. The highest BCUT2D eigenvalue weighted by molar-refractivity contribution is 7.16. The molecule has 0 aromatic carbocycles. The van der Waals surface area contributed by atoms with Gasteiger partial charge in [0.15, 0.2) is 11.4 Å². The molecule has 2 aromatic heterocycles. The first-order chi connectivity index (χ1) is 6.63. The molecule has 2 aromatic rings. The van der Waals surface area contributed by atoms with Gasteiger partial charge in [-0.1, -0.05) is 36.8 Å². The molecule has 0 aliphatic carbocycles. The molecule has 0 spiro atoms. The van der Waals surface area contributed by atoms with Crippen molar-refractivity contribution in [2.45, 2.75) is 19.8 Å². The molecule has 74 valence electrons. The molecule has 14 heavy (non-hydrogen) atoms. The molecule has 0 radical (unpaired) electrons. The molecule has 0 atom stereocenters. The maximum Gasteiger partial charge on any atom is 0.214 e. The molecule has 4 nitrogen and oxygen atoms in total. The number of halogens is 1. The molecule has 0 aliphatic rings. The van der Waals surface area contributed by atoms with E-state index in [1.54, 1.807) is 0 Å². The second-order valence-electron chi connectivity index (χ2n) is 3.20. The Morgan fingerprint density at radius 1 is 1.57 bits per heavy atom. The first-order valence-electron chi connectivity index (χ1n) is 4.13. The van der Waals surface area contributed by atoms with Crippen LogP contribution < -0.4 is 0 Å². The smallest absolute Gasteiger partial charge is 0.214 e. The lowest BCUT2D eigenvalue weighted by Crippen LogP contribution is -1.94. The summed E-state index contributed by atoms with van der Waals surface area (Å²) < 4.78 is 1.50. The largest absolute Gasteiger partial charge is 0.296 e. The Morgan fingerprint density at radius 2 is 2.29 bits per heavy atom. The minimum Gasteiger partial charge on any atom is -0.296 e. The van der Waals surface area contributed by atoms with Gasteiger partial charge in [0.25, 0.3) is 0 Å². The van der Waals surface area contributed by atoms with Gasteiger partial charge in [-0.15, -0.1) is 0 Å². The number of nitrogens with zero attached hydrogens (tertiary/aromatic N) is 3. The molecule has 0 fully saturated rings. The SMILES string of the molecule is CC(C)c1nn2c(C=O)c(Cl)nc2s1. The molecule has 0 bridgehead atoms. The Kier molecular flexibility index (Phi) is 2.28. The van der Waals surface area contributed by atoms with Crippen molar-refractivity contribution >= 4 is 34.2 Å². The maximum absolute atomic E-state index is 10.7. The second kappa shape index (κ2) is 3.33. The highest BCUT2D eigenvalue weighted by Gasteiger charge is 2.15. The van der Waals surface area contributed by atoms with E-state index in [9.17, 15) is 4.79 Å². The summed E-state index contributed by atoms with van der Waals surface area (Å²) in [5.41, 5.74) is 0.324. The average molecular weight is 230 g/mol. The molecule has 0 aliphatic heterocycles. The van der Waals surface area contributed by atoms with Crippen molar-refractivity contribution in [1.82, 2.24) is 14.6 Å². The van der Waals surface area contributed by atoms with Gasteiger partial charge in [-0.25, -0.2) is 4.98 Å². The van der Waals surface area contributed by atoms with Gasteiger partial charge in [0.05, 0.1) is 0 Å². The molecule has 6 heteroatoms. The van der Waals surface area contributed by atoms with Gasteiger partial charge in [-0.3, -0.25) is 4.79 Å². The summed E-state index contributed by atoms with van der Waals surface area (Å²) in [5, 5.41) is 5.43. The van der Waals surface area contributed by atoms with E-state index < -0.39 is 0 Å². The molecule has 2 rings (SSSR count). The third-order valence-corrected chi connectivity index (χ3v) is 3.30. The van der Waals surface area contributed by atoms with Crippen molar-refractivity contribution in [2.75, 3.05) is 0 Å². The third-order valence-electron chi connectivity index (χ3n) is 1.81. The zero-order valence-electron chi connectivity index (χ0n) is 7.69. The van der Waals surface area contributed by atoms with E-state index in [-0.39, 0.29) is 5.15 Å². The zero-order chi connectivity index (χ0) is 10.3. The maximum atomic E-state index is 10.7. The molecular formula is C8H8ClN3OS. The second-order valence-corrected chi connectivity index (χ2v) is 4.54. The third kappa shape index (κ3) is 1.33. The molecule has 0 N–H and O–H groups in total. The van der Waals surface area contributed by atoms with Gasteiger partial charge >= 0.3 is 0 Å². The van der Waals surface area contributed by atoms with Crippen LogP contribution in [-0.2, 0) is 0 Å². The first-order valence-corrected chi connectivity index (χ1v) is 5.33. The predicted octanol–water partition coefficient (Wildman–Crippen LogP) is 2.38. The minimum absolute atomic E-state index is 0.217. The van der Waals surface area contributed by atoms with Gasteiger partial charge in [0, 0.05) is 5.92 Å². The van der Waals surface area contributed by atoms with Crippen molar-refractivity contribution in [3.05, 3.63) is 15.9 Å². The number of rotatable bonds is 2. The number of aldehydes is 1. The number of fused-ring (bicyclic) bond motifs is 1. The van der Waals surface area contributed by atoms with Crippen LogP contribution in [0.2, 0.25) is 5.15 Å². The summed E-state index contributed by atoms with van der Waals surface area (Å²) >= 11 is 7.20. The lowest BCUT2D eigenvalue weighted by atomic mass is 10.2. The number of aromatic nitrogens is 3. The van der Waals surface area contributed by atoms with Crippen molar-refractivity contribution in [1.29, 1.82) is 0 Å². The number of imidazole rings is 1. The summed E-state index contributed by atoms with van der Waals surface area (Å²) in [4.78, 5) is 15.4. The number of hydrogen-bond donors (Lipinski definition) is 0. The van der Waals surface area contributed by atoms with E-state index in [0.29, 0.717) is 22.9 Å². The summed E-state index contributed by atoms with van der Waals surface area (Å²) in [6, 6.07) is 0. The summed E-state index contributed by atoms with van der Waals surface area (Å²) in [6.07, 6.45) is 0.673. The van der Waals surface area contributed by atoms with Crippen molar-refractivity contribution in [3.8, 4) is 0 Å². The Hall–Kier alpha value is -0.940. The van der Waals surface area contributed by atoms with Crippen molar-refractivity contribution in [2.24, 2.45) is 0 Å². The molecule has 0 saturated carbocycles. The van der Waals surface area contributed by atoms with Crippen LogP contribution in [0, 0.1) is 0 Å². The van der Waals surface area contributed by atoms with Crippen LogP contribution in [0.1, 0.15) is 35.3 Å². The van der Waals surface area contributed by atoms with E-state index in [1.165, 1.54) is 15.9 Å². The van der Waals surface area contributed by atoms with Gasteiger partial charge in [0.2, 0.25) is 4.96 Å². The fourth-order valence-corrected chi connectivity index (χ4v) is 2.25. The first kappa shape index (κ1) is 9.61. The quantitative estimate of drug-likeness (QED) is 0.743. The molecule has 0 unspecified atom stereocenters. The highest BCUT2D eigenvalue weighted by Crippen LogP contribution is 2.25. The Labute approximate surface area is 89.5 Å². The van der Waals surface area contributed by atoms with E-state index in [2.05, 4.69) is 10.1 Å². The minimum atomic E-state index is 0.217. The van der Waals surface area contributed by atoms with Crippen LogP contribution in [0.5, 0.6) is 0 Å². The van der Waals surface area contributed by atoms with E-state index in [4.69, 9.17) is 11.6 Å². The van der Waals surface area contributed by atoms with Crippen LogP contribution >= 0.6 is 22.9 Å². The van der Waals surface area contributed by atoms with Gasteiger partial charge in [-0.2, -0.15) is 9.61 Å². The van der Waals surface area contributed by atoms with Crippen LogP contribution in [0.25, 0.3) is 4.96 Å². The Bertz CT molecular complexity index is 488. The van der Waals surface area contributed by atoms with Crippen LogP contribution in [0.3, 0.4) is 0 Å². The number of carbonyl (C=O) groups is 1. The lowest BCUT2D eigenvalue weighted by molar-refractivity contribution is 0.111. The Morgan fingerprint density at radius 3 is 2.86 bits per heavy atom. The van der Waals surface area contributed by atoms with E-state index >= 15 is 0 Å². The zero-order valence-corrected chi connectivity index (χ0v) is 9.26. The fourth-order valence-electron chi connectivity index (χ4n) is 1.09. The molecule has 0 amide bonds. The molecular weight excluding hydrogens is 222 g/mol. The van der Waals surface area contributed by atoms with Crippen LogP contribution in [0.15, 0.2) is 0 Å². The van der Waals surface area contributed by atoms with Gasteiger partial charge in [0.1, 0.15) is 10.7 Å². The number of hydrogen-bond acceptors (Lipinski definition) is 4. The standard InChI is InChI=1S/C8H8ClN3OS/c1-4(2)7-11-12-5(3-13)6(9)10-8(12)14-7/h3-4H,1-2H3. The monoisotopic (exact) mass is 229 g/mol.